The molecule has 0 atom stereocenters. The molecular weight excluding hydrogens is 525 g/mol. The molecule has 0 saturated heterocycles. The van der Waals surface area contributed by atoms with Crippen LogP contribution in [0, 0.1) is 0 Å². The molecule has 0 unspecified atom stereocenters. The highest BCUT2D eigenvalue weighted by molar-refractivity contribution is 7.26. The first-order chi connectivity index (χ1) is 19.8. The van der Waals surface area contributed by atoms with E-state index in [1.807, 2.05) is 11.3 Å². The van der Waals surface area contributed by atoms with Crippen molar-refractivity contribution in [3.63, 3.8) is 0 Å². The second-order valence-corrected chi connectivity index (χ2v) is 12.0. The molecule has 188 valence electrons. The van der Waals surface area contributed by atoms with E-state index in [1.54, 1.807) is 11.3 Å². The summed E-state index contributed by atoms with van der Waals surface area (Å²) in [6, 6.07) is 47.2. The molecule has 3 heterocycles. The normalized spacial score (nSPS) is 11.5. The summed E-state index contributed by atoms with van der Waals surface area (Å²) in [5.74, 6) is 0.761. The van der Waals surface area contributed by atoms with Crippen LogP contribution in [0.4, 0.5) is 0 Å². The average molecular weight is 547 g/mol. The molecular formula is C36H22N2S2. The maximum absolute atomic E-state index is 5.20. The van der Waals surface area contributed by atoms with E-state index in [4.69, 9.17) is 9.97 Å². The van der Waals surface area contributed by atoms with Gasteiger partial charge in [-0.2, -0.15) is 0 Å². The lowest BCUT2D eigenvalue weighted by Gasteiger charge is -2.10. The first-order valence-corrected chi connectivity index (χ1v) is 14.9. The molecule has 2 nitrogen and oxygen atoms in total. The lowest BCUT2D eigenvalue weighted by Crippen LogP contribution is -1.95. The van der Waals surface area contributed by atoms with Gasteiger partial charge < -0.3 is 0 Å². The Morgan fingerprint density at radius 3 is 2.05 bits per heavy atom. The topological polar surface area (TPSA) is 25.8 Å². The van der Waals surface area contributed by atoms with E-state index >= 15 is 0 Å². The number of benzene rings is 5. The number of nitrogens with zero attached hydrogens (tertiary/aromatic N) is 2. The van der Waals surface area contributed by atoms with Gasteiger partial charge >= 0.3 is 0 Å². The van der Waals surface area contributed by atoms with E-state index in [-0.39, 0.29) is 0 Å². The van der Waals surface area contributed by atoms with Crippen LogP contribution < -0.4 is 0 Å². The largest absolute Gasteiger partial charge is 0.227 e. The van der Waals surface area contributed by atoms with Crippen molar-refractivity contribution in [3.8, 4) is 44.3 Å². The van der Waals surface area contributed by atoms with Gasteiger partial charge in [0.15, 0.2) is 5.82 Å². The SMILES string of the molecule is c1ccc(-c2cccc(-c3cc(-c4cccc5c4sc4ccccc45)nc(-c4cc5ccccc5s4)n3)c2)cc1. The maximum atomic E-state index is 5.20. The van der Waals surface area contributed by atoms with Gasteiger partial charge in [-0.1, -0.05) is 103 Å². The molecule has 0 aliphatic carbocycles. The van der Waals surface area contributed by atoms with Crippen LogP contribution in [0.15, 0.2) is 133 Å². The summed E-state index contributed by atoms with van der Waals surface area (Å²) in [4.78, 5) is 11.4. The van der Waals surface area contributed by atoms with Gasteiger partial charge in [-0.05, 0) is 46.8 Å². The van der Waals surface area contributed by atoms with E-state index in [0.717, 1.165) is 33.2 Å². The van der Waals surface area contributed by atoms with Crippen molar-refractivity contribution in [2.75, 3.05) is 0 Å². The van der Waals surface area contributed by atoms with Gasteiger partial charge in [0, 0.05) is 36.0 Å². The van der Waals surface area contributed by atoms with Crippen molar-refractivity contribution in [2.24, 2.45) is 0 Å². The molecule has 0 amide bonds. The third kappa shape index (κ3) is 4.01. The fraction of sp³-hybridized carbons (Fsp3) is 0. The predicted molar refractivity (Wildman–Crippen MR) is 172 cm³/mol. The zero-order chi connectivity index (χ0) is 26.5. The highest BCUT2D eigenvalue weighted by Crippen LogP contribution is 2.41. The number of fused-ring (bicyclic) bond motifs is 4. The van der Waals surface area contributed by atoms with Crippen molar-refractivity contribution < 1.29 is 0 Å². The summed E-state index contributed by atoms with van der Waals surface area (Å²) >= 11 is 3.58. The maximum Gasteiger partial charge on any atom is 0.170 e. The molecule has 0 radical (unpaired) electrons. The summed E-state index contributed by atoms with van der Waals surface area (Å²) in [5, 5.41) is 3.78. The summed E-state index contributed by atoms with van der Waals surface area (Å²) in [6.45, 7) is 0. The standard InChI is InChI=1S/C36H22N2S2/c1-2-10-23(11-3-1)24-13-8-14-25(20-24)30-22-31(38-36(37-30)34-21-26-12-4-6-18-32(26)39-34)29-17-9-16-28-27-15-5-7-19-33(27)40-35(28)29/h1-22H. The van der Waals surface area contributed by atoms with Crippen molar-refractivity contribution >= 4 is 52.9 Å². The van der Waals surface area contributed by atoms with Crippen molar-refractivity contribution in [1.29, 1.82) is 0 Å². The summed E-state index contributed by atoms with van der Waals surface area (Å²) in [5.41, 5.74) is 6.46. The van der Waals surface area contributed by atoms with Crippen LogP contribution in [0.3, 0.4) is 0 Å². The Morgan fingerprint density at radius 1 is 0.450 bits per heavy atom. The minimum absolute atomic E-state index is 0.761. The smallest absolute Gasteiger partial charge is 0.170 e. The molecule has 8 rings (SSSR count). The van der Waals surface area contributed by atoms with Gasteiger partial charge in [-0.3, -0.25) is 0 Å². The van der Waals surface area contributed by atoms with Crippen LogP contribution in [0.2, 0.25) is 0 Å². The van der Waals surface area contributed by atoms with Crippen molar-refractivity contribution in [2.45, 2.75) is 0 Å². The Bertz CT molecular complexity index is 2140. The van der Waals surface area contributed by atoms with Crippen LogP contribution in [-0.4, -0.2) is 9.97 Å². The van der Waals surface area contributed by atoms with Gasteiger partial charge in [0.2, 0.25) is 0 Å². The Balaban J connectivity index is 1.36. The van der Waals surface area contributed by atoms with E-state index < -0.39 is 0 Å². The van der Waals surface area contributed by atoms with Gasteiger partial charge in [0.1, 0.15) is 0 Å². The van der Waals surface area contributed by atoms with Gasteiger partial charge in [0.05, 0.1) is 16.3 Å². The fourth-order valence-corrected chi connectivity index (χ4v) is 7.59. The van der Waals surface area contributed by atoms with E-state index in [9.17, 15) is 0 Å². The number of thiophene rings is 2. The first kappa shape index (κ1) is 23.3. The van der Waals surface area contributed by atoms with E-state index in [1.165, 1.54) is 41.4 Å². The molecule has 5 aromatic carbocycles. The quantitative estimate of drug-likeness (QED) is 0.219. The van der Waals surface area contributed by atoms with Gasteiger partial charge in [-0.15, -0.1) is 22.7 Å². The molecule has 8 aromatic rings. The minimum Gasteiger partial charge on any atom is -0.227 e. The Morgan fingerprint density at radius 2 is 1.15 bits per heavy atom. The van der Waals surface area contributed by atoms with Gasteiger partial charge in [0.25, 0.3) is 0 Å². The molecule has 0 N–H and O–H groups in total. The lowest BCUT2D eigenvalue weighted by molar-refractivity contribution is 1.20. The molecule has 0 spiro atoms. The molecule has 0 saturated carbocycles. The molecule has 40 heavy (non-hydrogen) atoms. The number of rotatable bonds is 4. The Labute approximate surface area is 239 Å². The Hall–Kier alpha value is -4.64. The lowest BCUT2D eigenvalue weighted by atomic mass is 10.0. The summed E-state index contributed by atoms with van der Waals surface area (Å²) in [7, 11) is 0. The number of hydrogen-bond donors (Lipinski definition) is 0. The highest BCUT2D eigenvalue weighted by atomic mass is 32.1. The number of aromatic nitrogens is 2. The number of hydrogen-bond acceptors (Lipinski definition) is 4. The first-order valence-electron chi connectivity index (χ1n) is 13.2. The van der Waals surface area contributed by atoms with Crippen LogP contribution in [-0.2, 0) is 0 Å². The van der Waals surface area contributed by atoms with Crippen LogP contribution in [0.1, 0.15) is 0 Å². The average Bonchev–Trinajstić information content (AvgIpc) is 3.63. The summed E-state index contributed by atoms with van der Waals surface area (Å²) < 4.78 is 3.79. The molecule has 0 aliphatic heterocycles. The van der Waals surface area contributed by atoms with Crippen molar-refractivity contribution in [1.82, 2.24) is 9.97 Å². The van der Waals surface area contributed by atoms with Crippen LogP contribution >= 0.6 is 22.7 Å². The third-order valence-electron chi connectivity index (χ3n) is 7.32. The second-order valence-electron chi connectivity index (χ2n) is 9.84. The van der Waals surface area contributed by atoms with Crippen LogP contribution in [0.5, 0.6) is 0 Å². The van der Waals surface area contributed by atoms with Crippen LogP contribution in [0.25, 0.3) is 74.6 Å². The monoisotopic (exact) mass is 546 g/mol. The Kier molecular flexibility index (Phi) is 5.54. The molecule has 0 bridgehead atoms. The highest BCUT2D eigenvalue weighted by Gasteiger charge is 2.16. The molecule has 0 aliphatic rings. The molecule has 4 heteroatoms. The minimum atomic E-state index is 0.761. The van der Waals surface area contributed by atoms with Gasteiger partial charge in [-0.25, -0.2) is 9.97 Å². The zero-order valence-electron chi connectivity index (χ0n) is 21.4. The third-order valence-corrected chi connectivity index (χ3v) is 9.65. The summed E-state index contributed by atoms with van der Waals surface area (Å²) in [6.07, 6.45) is 0. The van der Waals surface area contributed by atoms with E-state index in [0.29, 0.717) is 0 Å². The van der Waals surface area contributed by atoms with E-state index in [2.05, 4.69) is 133 Å². The molecule has 0 fully saturated rings. The van der Waals surface area contributed by atoms with Crippen molar-refractivity contribution in [3.05, 3.63) is 133 Å². The zero-order valence-corrected chi connectivity index (χ0v) is 23.0. The molecule has 3 aromatic heterocycles. The predicted octanol–water partition coefficient (Wildman–Crippen LogP) is 10.7. The fourth-order valence-electron chi connectivity index (χ4n) is 5.37. The second kappa shape index (κ2) is 9.53.